The Hall–Kier alpha value is -0.760. The zero-order valence-electron chi connectivity index (χ0n) is 15.1. The van der Waals surface area contributed by atoms with Crippen LogP contribution in [0.1, 0.15) is 51.2 Å². The van der Waals surface area contributed by atoms with E-state index in [1.165, 1.54) is 32.1 Å². The van der Waals surface area contributed by atoms with E-state index in [9.17, 15) is 0 Å². The molecule has 0 aromatic carbocycles. The lowest BCUT2D eigenvalue weighted by Gasteiger charge is -2.31. The molecule has 0 unspecified atom stereocenters. The summed E-state index contributed by atoms with van der Waals surface area (Å²) in [6.07, 6.45) is 9.79. The van der Waals surface area contributed by atoms with Gasteiger partial charge < -0.3 is 20.0 Å². The maximum absolute atomic E-state index is 5.32. The summed E-state index contributed by atoms with van der Waals surface area (Å²) in [5.74, 6) is 1.75. The van der Waals surface area contributed by atoms with Crippen molar-refractivity contribution >= 4 is 29.9 Å². The van der Waals surface area contributed by atoms with Crippen LogP contribution in [0, 0.1) is 0 Å². The second-order valence-electron chi connectivity index (χ2n) is 6.33. The SMILES string of the molecule is CCNC(=NCc1ccco1)NCCCN(C)C1CCCCC1.I. The molecule has 0 amide bonds. The van der Waals surface area contributed by atoms with E-state index >= 15 is 0 Å². The van der Waals surface area contributed by atoms with Crippen molar-refractivity contribution in [1.29, 1.82) is 0 Å². The Balaban J connectivity index is 0.00000288. The van der Waals surface area contributed by atoms with Crippen LogP contribution >= 0.6 is 24.0 Å². The van der Waals surface area contributed by atoms with Crippen molar-refractivity contribution in [3.05, 3.63) is 24.2 Å². The first-order valence-corrected chi connectivity index (χ1v) is 9.04. The molecule has 1 fully saturated rings. The van der Waals surface area contributed by atoms with E-state index in [1.807, 2.05) is 12.1 Å². The van der Waals surface area contributed by atoms with Crippen LogP contribution in [0.2, 0.25) is 0 Å². The highest BCUT2D eigenvalue weighted by Gasteiger charge is 2.17. The molecule has 1 heterocycles. The standard InChI is InChI=1S/C18H32N4O.HI/c1-3-19-18(21-15-17-11-7-14-23-17)20-12-8-13-22(2)16-9-5-4-6-10-16;/h7,11,14,16H,3-6,8-10,12-13,15H2,1-2H3,(H2,19,20,21);1H. The molecule has 1 aromatic heterocycles. The predicted octanol–water partition coefficient (Wildman–Crippen LogP) is 3.61. The van der Waals surface area contributed by atoms with Crippen molar-refractivity contribution in [3.8, 4) is 0 Å². The first-order chi connectivity index (χ1) is 11.3. The fourth-order valence-corrected chi connectivity index (χ4v) is 3.14. The summed E-state index contributed by atoms with van der Waals surface area (Å²) >= 11 is 0. The third kappa shape index (κ3) is 7.88. The largest absolute Gasteiger partial charge is 0.467 e. The van der Waals surface area contributed by atoms with Gasteiger partial charge in [0.2, 0.25) is 0 Å². The molecule has 0 spiro atoms. The monoisotopic (exact) mass is 448 g/mol. The molecule has 5 nitrogen and oxygen atoms in total. The first-order valence-electron chi connectivity index (χ1n) is 9.04. The van der Waals surface area contributed by atoms with E-state index in [4.69, 9.17) is 4.42 Å². The zero-order valence-corrected chi connectivity index (χ0v) is 17.4. The molecule has 0 atom stereocenters. The Morgan fingerprint density at radius 3 is 2.75 bits per heavy atom. The lowest BCUT2D eigenvalue weighted by Crippen LogP contribution is -2.39. The van der Waals surface area contributed by atoms with Gasteiger partial charge in [0.05, 0.1) is 6.26 Å². The normalized spacial score (nSPS) is 16.0. The van der Waals surface area contributed by atoms with E-state index in [1.54, 1.807) is 6.26 Å². The average molecular weight is 448 g/mol. The number of nitrogens with zero attached hydrogens (tertiary/aromatic N) is 2. The van der Waals surface area contributed by atoms with Crippen LogP contribution in [0.3, 0.4) is 0 Å². The molecule has 0 bridgehead atoms. The van der Waals surface area contributed by atoms with Crippen molar-refractivity contribution in [2.24, 2.45) is 4.99 Å². The second kappa shape index (κ2) is 12.6. The number of nitrogens with one attached hydrogen (secondary N) is 2. The molecular weight excluding hydrogens is 415 g/mol. The maximum Gasteiger partial charge on any atom is 0.191 e. The van der Waals surface area contributed by atoms with Gasteiger partial charge in [0, 0.05) is 19.1 Å². The fourth-order valence-electron chi connectivity index (χ4n) is 3.14. The van der Waals surface area contributed by atoms with Crippen molar-refractivity contribution in [2.45, 2.75) is 58.0 Å². The minimum absolute atomic E-state index is 0. The van der Waals surface area contributed by atoms with Gasteiger partial charge in [-0.25, -0.2) is 4.99 Å². The Bertz CT molecular complexity index is 444. The van der Waals surface area contributed by atoms with Gasteiger partial charge >= 0.3 is 0 Å². The van der Waals surface area contributed by atoms with E-state index in [0.717, 1.165) is 43.8 Å². The number of rotatable bonds is 8. The number of hydrogen-bond donors (Lipinski definition) is 2. The van der Waals surface area contributed by atoms with Crippen LogP contribution < -0.4 is 10.6 Å². The minimum atomic E-state index is 0. The van der Waals surface area contributed by atoms with Crippen molar-refractivity contribution < 1.29 is 4.42 Å². The second-order valence-corrected chi connectivity index (χ2v) is 6.33. The van der Waals surface area contributed by atoms with Crippen LogP contribution in [-0.2, 0) is 6.54 Å². The third-order valence-electron chi connectivity index (χ3n) is 4.50. The molecule has 6 heteroatoms. The molecular formula is C18H33IN4O. The molecule has 1 aliphatic carbocycles. The van der Waals surface area contributed by atoms with E-state index in [2.05, 4.69) is 34.5 Å². The molecule has 24 heavy (non-hydrogen) atoms. The van der Waals surface area contributed by atoms with Gasteiger partial charge in [0.15, 0.2) is 5.96 Å². The Kier molecular flexibility index (Phi) is 11.2. The Labute approximate surface area is 163 Å². The van der Waals surface area contributed by atoms with E-state index in [-0.39, 0.29) is 24.0 Å². The highest BCUT2D eigenvalue weighted by atomic mass is 127. The number of hydrogen-bond acceptors (Lipinski definition) is 3. The summed E-state index contributed by atoms with van der Waals surface area (Å²) in [4.78, 5) is 7.08. The predicted molar refractivity (Wildman–Crippen MR) is 111 cm³/mol. The minimum Gasteiger partial charge on any atom is -0.467 e. The van der Waals surface area contributed by atoms with Crippen LogP contribution in [0.15, 0.2) is 27.8 Å². The summed E-state index contributed by atoms with van der Waals surface area (Å²) in [7, 11) is 2.27. The topological polar surface area (TPSA) is 52.8 Å². The van der Waals surface area contributed by atoms with Crippen LogP contribution in [0.25, 0.3) is 0 Å². The van der Waals surface area contributed by atoms with Gasteiger partial charge in [-0.2, -0.15) is 0 Å². The van der Waals surface area contributed by atoms with Gasteiger partial charge in [-0.1, -0.05) is 19.3 Å². The summed E-state index contributed by atoms with van der Waals surface area (Å²) in [5, 5.41) is 6.69. The van der Waals surface area contributed by atoms with E-state index in [0.29, 0.717) is 6.54 Å². The fraction of sp³-hybridized carbons (Fsp3) is 0.722. The third-order valence-corrected chi connectivity index (χ3v) is 4.50. The van der Waals surface area contributed by atoms with Crippen LogP contribution in [0.5, 0.6) is 0 Å². The Morgan fingerprint density at radius 2 is 2.08 bits per heavy atom. The molecule has 0 radical (unpaired) electrons. The first kappa shape index (κ1) is 21.3. The number of furan rings is 1. The quantitative estimate of drug-likeness (QED) is 0.276. The van der Waals surface area contributed by atoms with Crippen LogP contribution in [0.4, 0.5) is 0 Å². The highest BCUT2D eigenvalue weighted by molar-refractivity contribution is 14.0. The summed E-state index contributed by atoms with van der Waals surface area (Å²) in [6.45, 7) is 5.62. The number of halogens is 1. The number of guanidine groups is 1. The smallest absolute Gasteiger partial charge is 0.191 e. The van der Waals surface area contributed by atoms with Gasteiger partial charge in [0.1, 0.15) is 12.3 Å². The van der Waals surface area contributed by atoms with Crippen molar-refractivity contribution in [3.63, 3.8) is 0 Å². The lowest BCUT2D eigenvalue weighted by molar-refractivity contribution is 0.190. The summed E-state index contributed by atoms with van der Waals surface area (Å²) < 4.78 is 5.32. The van der Waals surface area contributed by atoms with Gasteiger partial charge in [-0.3, -0.25) is 0 Å². The molecule has 1 aliphatic rings. The van der Waals surface area contributed by atoms with E-state index < -0.39 is 0 Å². The molecule has 1 saturated carbocycles. The van der Waals surface area contributed by atoms with Gasteiger partial charge in [-0.15, -0.1) is 24.0 Å². The zero-order chi connectivity index (χ0) is 16.3. The van der Waals surface area contributed by atoms with Gasteiger partial charge in [0.25, 0.3) is 0 Å². The lowest BCUT2D eigenvalue weighted by atomic mass is 9.94. The molecule has 0 aliphatic heterocycles. The molecule has 1 aromatic rings. The van der Waals surface area contributed by atoms with Crippen molar-refractivity contribution in [2.75, 3.05) is 26.7 Å². The summed E-state index contributed by atoms with van der Waals surface area (Å²) in [6, 6.07) is 4.64. The molecule has 0 saturated heterocycles. The highest BCUT2D eigenvalue weighted by Crippen LogP contribution is 2.21. The summed E-state index contributed by atoms with van der Waals surface area (Å²) in [5.41, 5.74) is 0. The van der Waals surface area contributed by atoms with Crippen LogP contribution in [-0.4, -0.2) is 43.6 Å². The Morgan fingerprint density at radius 1 is 1.29 bits per heavy atom. The average Bonchev–Trinajstić information content (AvgIpc) is 3.10. The van der Waals surface area contributed by atoms with Crippen molar-refractivity contribution in [1.82, 2.24) is 15.5 Å². The van der Waals surface area contributed by atoms with Gasteiger partial charge in [-0.05, 0) is 51.9 Å². The number of aliphatic imine (C=N–C) groups is 1. The molecule has 2 N–H and O–H groups in total. The maximum atomic E-state index is 5.32. The molecule has 138 valence electrons. The molecule has 2 rings (SSSR count).